The van der Waals surface area contributed by atoms with Gasteiger partial charge in [0.15, 0.2) is 0 Å². The lowest BCUT2D eigenvalue weighted by molar-refractivity contribution is -0.111. The van der Waals surface area contributed by atoms with E-state index in [-0.39, 0.29) is 12.0 Å². The molecule has 2 aromatic heterocycles. The average Bonchev–Trinajstić information content (AvgIpc) is 2.93. The highest BCUT2D eigenvalue weighted by Crippen LogP contribution is 2.34. The van der Waals surface area contributed by atoms with Crippen molar-refractivity contribution in [3.8, 4) is 11.1 Å². The molecule has 3 N–H and O–H groups in total. The van der Waals surface area contributed by atoms with Crippen LogP contribution in [0.25, 0.3) is 22.0 Å². The first kappa shape index (κ1) is 23.6. The summed E-state index contributed by atoms with van der Waals surface area (Å²) < 4.78 is 5.92. The van der Waals surface area contributed by atoms with Crippen LogP contribution in [0.4, 0.5) is 17.3 Å². The molecule has 5 rings (SSSR count). The van der Waals surface area contributed by atoms with Crippen LogP contribution in [-0.2, 0) is 16.0 Å². The molecule has 1 unspecified atom stereocenters. The van der Waals surface area contributed by atoms with Crippen molar-refractivity contribution >= 4 is 34.1 Å². The molecule has 1 fully saturated rings. The minimum atomic E-state index is -0.251. The second-order valence-electron chi connectivity index (χ2n) is 8.48. The van der Waals surface area contributed by atoms with Crippen LogP contribution in [0.15, 0.2) is 73.6 Å². The monoisotopic (exact) mass is 480 g/mol. The van der Waals surface area contributed by atoms with Gasteiger partial charge in [0, 0.05) is 42.1 Å². The third kappa shape index (κ3) is 4.95. The van der Waals surface area contributed by atoms with Gasteiger partial charge >= 0.3 is 0 Å². The number of nitrogens with zero attached hydrogens (tertiary/aromatic N) is 3. The summed E-state index contributed by atoms with van der Waals surface area (Å²) in [6.07, 6.45) is 5.54. The third-order valence-electron chi connectivity index (χ3n) is 6.14. The number of carbonyl (C=O) groups is 1. The molecule has 3 heterocycles. The zero-order valence-electron chi connectivity index (χ0n) is 20.1. The highest BCUT2D eigenvalue weighted by Gasteiger charge is 2.21. The van der Waals surface area contributed by atoms with E-state index in [4.69, 9.17) is 9.72 Å². The fourth-order valence-corrected chi connectivity index (χ4v) is 4.40. The molecule has 182 valence electrons. The number of aromatic nitrogens is 3. The van der Waals surface area contributed by atoms with Crippen LogP contribution in [0, 0.1) is 0 Å². The molecule has 8 nitrogen and oxygen atoms in total. The largest absolute Gasteiger partial charge is 0.369 e. The summed E-state index contributed by atoms with van der Waals surface area (Å²) in [6, 6.07) is 15.8. The van der Waals surface area contributed by atoms with Gasteiger partial charge in [-0.05, 0) is 47.9 Å². The molecule has 1 amide bonds. The second-order valence-corrected chi connectivity index (χ2v) is 8.48. The highest BCUT2D eigenvalue weighted by atomic mass is 16.5. The summed E-state index contributed by atoms with van der Waals surface area (Å²) >= 11 is 0. The summed E-state index contributed by atoms with van der Waals surface area (Å²) in [7, 11) is 0. The SMILES string of the molecule is C=CC(=O)Nc1cccc(-c2c(CC)ccc3cnc(Nc4cccnc4C4CNCCO4)nc23)c1. The van der Waals surface area contributed by atoms with Gasteiger partial charge in [0.05, 0.1) is 23.5 Å². The van der Waals surface area contributed by atoms with Crippen molar-refractivity contribution in [2.45, 2.75) is 19.4 Å². The molecule has 0 spiro atoms. The first-order valence-electron chi connectivity index (χ1n) is 12.0. The van der Waals surface area contributed by atoms with Crippen molar-refractivity contribution in [1.29, 1.82) is 0 Å². The number of morpholine rings is 1. The summed E-state index contributed by atoms with van der Waals surface area (Å²) in [4.78, 5) is 25.9. The van der Waals surface area contributed by atoms with Gasteiger partial charge in [0.25, 0.3) is 0 Å². The Balaban J connectivity index is 1.56. The van der Waals surface area contributed by atoms with Crippen LogP contribution in [0.1, 0.15) is 24.3 Å². The van der Waals surface area contributed by atoms with Crippen molar-refractivity contribution in [1.82, 2.24) is 20.3 Å². The summed E-state index contributed by atoms with van der Waals surface area (Å²) in [5.41, 5.74) is 6.30. The summed E-state index contributed by atoms with van der Waals surface area (Å²) in [5, 5.41) is 10.5. The van der Waals surface area contributed by atoms with Crippen LogP contribution in [0.3, 0.4) is 0 Å². The van der Waals surface area contributed by atoms with Crippen molar-refractivity contribution < 1.29 is 9.53 Å². The zero-order chi connectivity index (χ0) is 24.9. The van der Waals surface area contributed by atoms with Crippen molar-refractivity contribution in [2.75, 3.05) is 30.3 Å². The van der Waals surface area contributed by atoms with Crippen LogP contribution < -0.4 is 16.0 Å². The number of pyridine rings is 1. The first-order chi connectivity index (χ1) is 17.7. The van der Waals surface area contributed by atoms with Crippen LogP contribution >= 0.6 is 0 Å². The molecule has 1 aliphatic heterocycles. The first-order valence-corrected chi connectivity index (χ1v) is 12.0. The summed E-state index contributed by atoms with van der Waals surface area (Å²) in [5.74, 6) is 0.227. The Morgan fingerprint density at radius 3 is 2.94 bits per heavy atom. The van der Waals surface area contributed by atoms with Gasteiger partial charge in [0.2, 0.25) is 11.9 Å². The van der Waals surface area contributed by atoms with Crippen LogP contribution in [-0.4, -0.2) is 40.6 Å². The van der Waals surface area contributed by atoms with E-state index >= 15 is 0 Å². The number of ether oxygens (including phenoxy) is 1. The van der Waals surface area contributed by atoms with Gasteiger partial charge < -0.3 is 20.7 Å². The van der Waals surface area contributed by atoms with Crippen LogP contribution in [0.2, 0.25) is 0 Å². The fraction of sp³-hybridized carbons (Fsp3) is 0.214. The molecule has 2 aromatic carbocycles. The Bertz CT molecular complexity index is 1410. The molecule has 0 aliphatic carbocycles. The number of amides is 1. The van der Waals surface area contributed by atoms with Crippen LogP contribution in [0.5, 0.6) is 0 Å². The van der Waals surface area contributed by atoms with E-state index in [1.54, 1.807) is 6.20 Å². The highest BCUT2D eigenvalue weighted by molar-refractivity contribution is 6.00. The Morgan fingerprint density at radius 1 is 1.22 bits per heavy atom. The minimum absolute atomic E-state index is 0.140. The lowest BCUT2D eigenvalue weighted by Crippen LogP contribution is -2.34. The maximum atomic E-state index is 11.8. The molecule has 0 radical (unpaired) electrons. The molecule has 36 heavy (non-hydrogen) atoms. The van der Waals surface area contributed by atoms with E-state index in [2.05, 4.69) is 45.5 Å². The lowest BCUT2D eigenvalue weighted by Gasteiger charge is -2.24. The molecule has 1 aliphatic rings. The predicted octanol–water partition coefficient (Wildman–Crippen LogP) is 4.78. The molecule has 0 saturated carbocycles. The molecule has 1 atom stereocenters. The van der Waals surface area contributed by atoms with Crippen molar-refractivity contribution in [3.05, 3.63) is 84.8 Å². The molecular formula is C28H28N6O2. The van der Waals surface area contributed by atoms with Crippen molar-refractivity contribution in [3.63, 3.8) is 0 Å². The average molecular weight is 481 g/mol. The van der Waals surface area contributed by atoms with Gasteiger partial charge in [-0.3, -0.25) is 9.78 Å². The molecule has 4 aromatic rings. The van der Waals surface area contributed by atoms with Gasteiger partial charge in [-0.2, -0.15) is 0 Å². The second kappa shape index (κ2) is 10.6. The smallest absolute Gasteiger partial charge is 0.247 e. The Hall–Kier alpha value is -4.14. The quantitative estimate of drug-likeness (QED) is 0.327. The molecule has 1 saturated heterocycles. The molecule has 0 bridgehead atoms. The number of hydrogen-bond acceptors (Lipinski definition) is 7. The lowest BCUT2D eigenvalue weighted by atomic mass is 9.95. The normalized spacial score (nSPS) is 15.4. The van der Waals surface area contributed by atoms with E-state index in [1.165, 1.54) is 6.08 Å². The van der Waals surface area contributed by atoms with E-state index in [0.29, 0.717) is 24.8 Å². The van der Waals surface area contributed by atoms with Gasteiger partial charge in [-0.1, -0.05) is 37.8 Å². The number of benzene rings is 2. The Kier molecular flexibility index (Phi) is 6.97. The van der Waals surface area contributed by atoms with Gasteiger partial charge in [-0.25, -0.2) is 9.97 Å². The Morgan fingerprint density at radius 2 is 2.14 bits per heavy atom. The topological polar surface area (TPSA) is 101 Å². The number of carbonyl (C=O) groups excluding carboxylic acids is 1. The van der Waals surface area contributed by atoms with E-state index in [0.717, 1.165) is 51.9 Å². The van der Waals surface area contributed by atoms with Gasteiger partial charge in [0.1, 0.15) is 6.10 Å². The fourth-order valence-electron chi connectivity index (χ4n) is 4.40. The van der Waals surface area contributed by atoms with E-state index < -0.39 is 0 Å². The van der Waals surface area contributed by atoms with Crippen molar-refractivity contribution in [2.24, 2.45) is 0 Å². The molecular weight excluding hydrogens is 452 g/mol. The maximum Gasteiger partial charge on any atom is 0.247 e. The number of hydrogen-bond donors (Lipinski definition) is 3. The zero-order valence-corrected chi connectivity index (χ0v) is 20.1. The van der Waals surface area contributed by atoms with E-state index in [1.807, 2.05) is 48.7 Å². The third-order valence-corrected chi connectivity index (χ3v) is 6.14. The number of fused-ring (bicyclic) bond motifs is 1. The van der Waals surface area contributed by atoms with Gasteiger partial charge in [-0.15, -0.1) is 0 Å². The maximum absolute atomic E-state index is 11.8. The molecule has 8 heteroatoms. The number of rotatable bonds is 7. The Labute approximate surface area is 209 Å². The number of aryl methyl sites for hydroxylation is 1. The summed E-state index contributed by atoms with van der Waals surface area (Å²) in [6.45, 7) is 7.83. The number of nitrogens with one attached hydrogen (secondary N) is 3. The van der Waals surface area contributed by atoms with E-state index in [9.17, 15) is 4.79 Å². The predicted molar refractivity (Wildman–Crippen MR) is 142 cm³/mol. The minimum Gasteiger partial charge on any atom is -0.369 e. The standard InChI is InChI=1S/C28H28N6O2/c1-3-18-10-11-20-16-31-28(33-22-9-6-12-30-27(22)23-17-29-13-14-36-23)34-26(20)25(18)19-7-5-8-21(15-19)32-24(35)4-2/h4-12,15-16,23,29H,2-3,13-14,17H2,1H3,(H,32,35)(H,31,33,34). The number of anilines is 3.